The number of halogens is 3. The largest absolute Gasteiger partial charge is 0.471 e. The summed E-state index contributed by atoms with van der Waals surface area (Å²) in [5.74, 6) is -1.81. The average Bonchev–Trinajstić information content (AvgIpc) is 2.58. The third kappa shape index (κ3) is 1.95. The summed E-state index contributed by atoms with van der Waals surface area (Å²) in [7, 11) is 1.94. The molecule has 1 spiro atoms. The monoisotopic (exact) mass is 222 g/mol. The van der Waals surface area contributed by atoms with E-state index >= 15 is 0 Å². The lowest BCUT2D eigenvalue weighted by molar-refractivity contribution is -0.173. The molecule has 0 aromatic carbocycles. The summed E-state index contributed by atoms with van der Waals surface area (Å²) < 4.78 is 35.9. The molecule has 6 heteroatoms. The molecule has 1 aliphatic heterocycles. The van der Waals surface area contributed by atoms with Gasteiger partial charge in [0.15, 0.2) is 0 Å². The molecular formula is C9H13F3N2O. The first-order chi connectivity index (χ1) is 6.83. The van der Waals surface area contributed by atoms with Crippen LogP contribution in [0.1, 0.15) is 12.8 Å². The molecule has 0 aromatic heterocycles. The van der Waals surface area contributed by atoms with Crippen molar-refractivity contribution in [2.45, 2.75) is 25.1 Å². The van der Waals surface area contributed by atoms with Gasteiger partial charge in [-0.1, -0.05) is 0 Å². The van der Waals surface area contributed by atoms with Crippen LogP contribution in [0.4, 0.5) is 13.2 Å². The van der Waals surface area contributed by atoms with E-state index in [9.17, 15) is 18.0 Å². The summed E-state index contributed by atoms with van der Waals surface area (Å²) in [4.78, 5) is 12.8. The van der Waals surface area contributed by atoms with Gasteiger partial charge in [0.1, 0.15) is 0 Å². The number of amides is 1. The maximum atomic E-state index is 12.0. The first-order valence-electron chi connectivity index (χ1n) is 4.90. The van der Waals surface area contributed by atoms with Crippen LogP contribution in [0.15, 0.2) is 0 Å². The Hall–Kier alpha value is -0.780. The van der Waals surface area contributed by atoms with Crippen molar-refractivity contribution < 1.29 is 18.0 Å². The number of nitrogens with one attached hydrogen (secondary N) is 1. The van der Waals surface area contributed by atoms with Crippen molar-refractivity contribution in [3.8, 4) is 0 Å². The Kier molecular flexibility index (Phi) is 2.22. The molecule has 0 aromatic rings. The standard InChI is InChI=1S/C9H13F3N2O/c1-14-3-2-8(5-14)4-6(8)13-7(15)9(10,11)12/h6H,2-5H2,1H3,(H,13,15). The van der Waals surface area contributed by atoms with Gasteiger partial charge in [-0.05, 0) is 26.4 Å². The fourth-order valence-corrected chi connectivity index (χ4v) is 2.35. The molecule has 0 radical (unpaired) electrons. The Balaban J connectivity index is 1.88. The van der Waals surface area contributed by atoms with Crippen LogP contribution in [-0.2, 0) is 4.79 Å². The summed E-state index contributed by atoms with van der Waals surface area (Å²) in [5, 5.41) is 2.06. The van der Waals surface area contributed by atoms with Crippen LogP contribution in [0.5, 0.6) is 0 Å². The van der Waals surface area contributed by atoms with Gasteiger partial charge in [-0.2, -0.15) is 13.2 Å². The Morgan fingerprint density at radius 2 is 2.20 bits per heavy atom. The van der Waals surface area contributed by atoms with Gasteiger partial charge in [0.2, 0.25) is 0 Å². The van der Waals surface area contributed by atoms with Gasteiger partial charge in [-0.15, -0.1) is 0 Å². The fourth-order valence-electron chi connectivity index (χ4n) is 2.35. The lowest BCUT2D eigenvalue weighted by atomic mass is 10.1. The lowest BCUT2D eigenvalue weighted by Crippen LogP contribution is -2.40. The number of alkyl halides is 3. The number of carbonyl (C=O) groups excluding carboxylic acids is 1. The quantitative estimate of drug-likeness (QED) is 0.710. The first kappa shape index (κ1) is 10.7. The molecular weight excluding hydrogens is 209 g/mol. The van der Waals surface area contributed by atoms with Gasteiger partial charge in [-0.25, -0.2) is 0 Å². The molecule has 2 fully saturated rings. The summed E-state index contributed by atoms with van der Waals surface area (Å²) in [5.41, 5.74) is -0.0737. The normalized spacial score (nSPS) is 35.9. The van der Waals surface area contributed by atoms with Crippen LogP contribution in [0.25, 0.3) is 0 Å². The van der Waals surface area contributed by atoms with E-state index in [4.69, 9.17) is 0 Å². The van der Waals surface area contributed by atoms with Crippen LogP contribution in [-0.4, -0.2) is 43.2 Å². The predicted molar refractivity (Wildman–Crippen MR) is 47.1 cm³/mol. The minimum Gasteiger partial charge on any atom is -0.345 e. The van der Waals surface area contributed by atoms with Gasteiger partial charge in [0.25, 0.3) is 0 Å². The molecule has 15 heavy (non-hydrogen) atoms. The van der Waals surface area contributed by atoms with Crippen molar-refractivity contribution in [2.24, 2.45) is 5.41 Å². The summed E-state index contributed by atoms with van der Waals surface area (Å²) in [6, 6.07) is -0.281. The van der Waals surface area contributed by atoms with Crippen molar-refractivity contribution in [1.29, 1.82) is 0 Å². The molecule has 2 rings (SSSR count). The molecule has 1 heterocycles. The highest BCUT2D eigenvalue weighted by atomic mass is 19.4. The van der Waals surface area contributed by atoms with Crippen LogP contribution in [0.3, 0.4) is 0 Å². The Labute approximate surface area is 85.6 Å². The van der Waals surface area contributed by atoms with Crippen molar-refractivity contribution in [3.63, 3.8) is 0 Å². The second-order valence-electron chi connectivity index (χ2n) is 4.58. The smallest absolute Gasteiger partial charge is 0.345 e. The number of carbonyl (C=O) groups is 1. The molecule has 1 aliphatic carbocycles. The number of likely N-dealkylation sites (tertiary alicyclic amines) is 1. The molecule has 2 atom stereocenters. The van der Waals surface area contributed by atoms with Gasteiger partial charge in [0, 0.05) is 18.0 Å². The van der Waals surface area contributed by atoms with E-state index in [1.165, 1.54) is 0 Å². The molecule has 1 saturated carbocycles. The number of hydrogen-bond donors (Lipinski definition) is 1. The minimum absolute atomic E-state index is 0.0737. The maximum absolute atomic E-state index is 12.0. The third-order valence-electron chi connectivity index (χ3n) is 3.33. The van der Waals surface area contributed by atoms with E-state index in [0.29, 0.717) is 6.42 Å². The van der Waals surface area contributed by atoms with E-state index in [0.717, 1.165) is 19.5 Å². The van der Waals surface area contributed by atoms with E-state index < -0.39 is 12.1 Å². The van der Waals surface area contributed by atoms with Crippen LogP contribution >= 0.6 is 0 Å². The van der Waals surface area contributed by atoms with Crippen LogP contribution in [0, 0.1) is 5.41 Å². The van der Waals surface area contributed by atoms with Crippen molar-refractivity contribution in [2.75, 3.05) is 20.1 Å². The highest BCUT2D eigenvalue weighted by Gasteiger charge is 2.58. The van der Waals surface area contributed by atoms with Gasteiger partial charge < -0.3 is 10.2 Å². The Morgan fingerprint density at radius 1 is 1.53 bits per heavy atom. The number of hydrogen-bond acceptors (Lipinski definition) is 2. The first-order valence-corrected chi connectivity index (χ1v) is 4.90. The van der Waals surface area contributed by atoms with Crippen LogP contribution in [0.2, 0.25) is 0 Å². The molecule has 2 unspecified atom stereocenters. The summed E-state index contributed by atoms with van der Waals surface area (Å²) in [6.07, 6.45) is -3.19. The zero-order valence-corrected chi connectivity index (χ0v) is 8.40. The van der Waals surface area contributed by atoms with Crippen molar-refractivity contribution in [3.05, 3.63) is 0 Å². The molecule has 1 saturated heterocycles. The average molecular weight is 222 g/mol. The Bertz CT molecular complexity index is 292. The Morgan fingerprint density at radius 3 is 2.67 bits per heavy atom. The van der Waals surface area contributed by atoms with E-state index in [2.05, 4.69) is 10.2 Å². The zero-order chi connectivity index (χ0) is 11.3. The predicted octanol–water partition coefficient (Wildman–Crippen LogP) is 0.759. The molecule has 3 nitrogen and oxygen atoms in total. The summed E-state index contributed by atoms with van der Waals surface area (Å²) in [6.45, 7) is 1.69. The minimum atomic E-state index is -4.76. The lowest BCUT2D eigenvalue weighted by Gasteiger charge is -2.12. The second kappa shape index (κ2) is 3.10. The van der Waals surface area contributed by atoms with Gasteiger partial charge in [0.05, 0.1) is 0 Å². The third-order valence-corrected chi connectivity index (χ3v) is 3.33. The summed E-state index contributed by atoms with van der Waals surface area (Å²) >= 11 is 0. The van der Waals surface area contributed by atoms with Crippen molar-refractivity contribution in [1.82, 2.24) is 10.2 Å². The van der Waals surface area contributed by atoms with Gasteiger partial charge >= 0.3 is 12.1 Å². The van der Waals surface area contributed by atoms with E-state index in [1.54, 1.807) is 0 Å². The van der Waals surface area contributed by atoms with E-state index in [-0.39, 0.29) is 11.5 Å². The van der Waals surface area contributed by atoms with Crippen molar-refractivity contribution >= 4 is 5.91 Å². The molecule has 0 bridgehead atoms. The SMILES string of the molecule is CN1CCC2(CC2NC(=O)C(F)(F)F)C1. The highest BCUT2D eigenvalue weighted by molar-refractivity contribution is 5.82. The van der Waals surface area contributed by atoms with Crippen LogP contribution < -0.4 is 5.32 Å². The highest BCUT2D eigenvalue weighted by Crippen LogP contribution is 2.52. The molecule has 1 amide bonds. The number of nitrogens with zero attached hydrogens (tertiary/aromatic N) is 1. The fraction of sp³-hybridized carbons (Fsp3) is 0.889. The maximum Gasteiger partial charge on any atom is 0.471 e. The molecule has 1 N–H and O–H groups in total. The topological polar surface area (TPSA) is 32.3 Å². The molecule has 2 aliphatic rings. The second-order valence-corrected chi connectivity index (χ2v) is 4.58. The molecule has 86 valence electrons. The van der Waals surface area contributed by atoms with E-state index in [1.807, 2.05) is 7.05 Å². The zero-order valence-electron chi connectivity index (χ0n) is 8.40. The van der Waals surface area contributed by atoms with Gasteiger partial charge in [-0.3, -0.25) is 4.79 Å². The number of rotatable bonds is 1.